The fraction of sp³-hybridized carbons (Fsp3) is 0.217. The summed E-state index contributed by atoms with van der Waals surface area (Å²) in [5.74, 6) is 0.414. The Morgan fingerprint density at radius 1 is 1.06 bits per heavy atom. The number of hydrogen-bond donors (Lipinski definition) is 1. The van der Waals surface area contributed by atoms with E-state index in [1.165, 1.54) is 0 Å². The smallest absolute Gasteiger partial charge is 0.278 e. The fourth-order valence-electron chi connectivity index (χ4n) is 3.41. The van der Waals surface area contributed by atoms with Gasteiger partial charge in [-0.15, -0.1) is 10.2 Å². The first kappa shape index (κ1) is 21.0. The van der Waals surface area contributed by atoms with Crippen LogP contribution in [0.1, 0.15) is 35.7 Å². The number of ether oxygens (including phenoxy) is 1. The fourth-order valence-corrected chi connectivity index (χ4v) is 3.67. The summed E-state index contributed by atoms with van der Waals surface area (Å²) in [5.41, 5.74) is 5.00. The molecule has 0 bridgehead atoms. The number of fused-ring (bicyclic) bond motifs is 1. The first-order chi connectivity index (χ1) is 15.0. The molecule has 2 heterocycles. The van der Waals surface area contributed by atoms with Gasteiger partial charge < -0.3 is 10.1 Å². The first-order valence-corrected chi connectivity index (χ1v) is 10.9. The number of aromatic nitrogens is 4. The molecule has 8 heteroatoms. The van der Waals surface area contributed by atoms with Crippen molar-refractivity contribution in [2.75, 3.05) is 11.9 Å². The molecule has 0 atom stereocenters. The Morgan fingerprint density at radius 2 is 1.77 bits per heavy atom. The minimum atomic E-state index is -0.338. The quantitative estimate of drug-likeness (QED) is 0.417. The van der Waals surface area contributed by atoms with Crippen molar-refractivity contribution in [2.24, 2.45) is 0 Å². The highest BCUT2D eigenvalue weighted by Crippen LogP contribution is 2.29. The van der Waals surface area contributed by atoms with Crippen LogP contribution in [0.5, 0.6) is 5.75 Å². The third kappa shape index (κ3) is 4.16. The molecule has 4 rings (SSSR count). The molecule has 2 aromatic heterocycles. The van der Waals surface area contributed by atoms with Crippen molar-refractivity contribution >= 4 is 33.2 Å². The zero-order chi connectivity index (χ0) is 22.0. The molecule has 0 fully saturated rings. The Labute approximate surface area is 188 Å². The van der Waals surface area contributed by atoms with Crippen LogP contribution in [-0.4, -0.2) is 32.3 Å². The Morgan fingerprint density at radius 3 is 2.42 bits per heavy atom. The van der Waals surface area contributed by atoms with E-state index < -0.39 is 0 Å². The number of benzene rings is 2. The van der Waals surface area contributed by atoms with E-state index in [0.717, 1.165) is 33.5 Å². The van der Waals surface area contributed by atoms with E-state index >= 15 is 0 Å². The molecule has 31 heavy (non-hydrogen) atoms. The first-order valence-electron chi connectivity index (χ1n) is 10.1. The Hall–Kier alpha value is -3.26. The van der Waals surface area contributed by atoms with Crippen LogP contribution < -0.4 is 10.1 Å². The number of nitrogens with zero attached hydrogens (tertiary/aromatic N) is 4. The molecule has 158 valence electrons. The monoisotopic (exact) mass is 479 g/mol. The summed E-state index contributed by atoms with van der Waals surface area (Å²) in [6, 6.07) is 15.2. The van der Waals surface area contributed by atoms with E-state index in [0.29, 0.717) is 23.6 Å². The number of rotatable bonds is 6. The molecule has 0 saturated carbocycles. The molecule has 0 unspecified atom stereocenters. The summed E-state index contributed by atoms with van der Waals surface area (Å²) in [7, 11) is 0. The lowest BCUT2D eigenvalue weighted by atomic mass is 10.0. The van der Waals surface area contributed by atoms with E-state index in [1.807, 2.05) is 57.2 Å². The number of halogens is 1. The summed E-state index contributed by atoms with van der Waals surface area (Å²) >= 11 is 3.47. The lowest BCUT2D eigenvalue weighted by Gasteiger charge is -2.09. The molecule has 0 spiro atoms. The summed E-state index contributed by atoms with van der Waals surface area (Å²) in [4.78, 5) is 12.9. The highest BCUT2D eigenvalue weighted by atomic mass is 79.9. The summed E-state index contributed by atoms with van der Waals surface area (Å²) in [6.45, 7) is 6.39. The second-order valence-electron chi connectivity index (χ2n) is 6.96. The number of hydrogen-bond acceptors (Lipinski definition) is 5. The molecule has 1 N–H and O–H groups in total. The van der Waals surface area contributed by atoms with Gasteiger partial charge in [0.05, 0.1) is 23.6 Å². The minimum Gasteiger partial charge on any atom is -0.494 e. The van der Waals surface area contributed by atoms with E-state index in [2.05, 4.69) is 31.4 Å². The topological polar surface area (TPSA) is 81.4 Å². The van der Waals surface area contributed by atoms with Crippen LogP contribution in [-0.2, 0) is 6.42 Å². The second kappa shape index (κ2) is 8.85. The van der Waals surface area contributed by atoms with E-state index in [9.17, 15) is 4.79 Å². The Kier molecular flexibility index (Phi) is 5.99. The number of carbonyl (C=O) groups excluding carboxylic acids is 1. The highest BCUT2D eigenvalue weighted by Gasteiger charge is 2.21. The maximum Gasteiger partial charge on any atom is 0.278 e. The molecule has 0 aliphatic rings. The molecular weight excluding hydrogens is 458 g/mol. The lowest BCUT2D eigenvalue weighted by molar-refractivity contribution is 0.102. The second-order valence-corrected chi connectivity index (χ2v) is 7.88. The zero-order valence-corrected chi connectivity index (χ0v) is 19.1. The van der Waals surface area contributed by atoms with Crippen LogP contribution in [0.15, 0.2) is 53.0 Å². The van der Waals surface area contributed by atoms with Crippen LogP contribution >= 0.6 is 15.9 Å². The Balaban J connectivity index is 1.69. The normalized spacial score (nSPS) is 11.0. The van der Waals surface area contributed by atoms with Crippen molar-refractivity contribution < 1.29 is 9.53 Å². The van der Waals surface area contributed by atoms with Crippen molar-refractivity contribution in [1.82, 2.24) is 19.8 Å². The van der Waals surface area contributed by atoms with E-state index in [1.54, 1.807) is 16.6 Å². The molecule has 0 aliphatic heterocycles. The average Bonchev–Trinajstić information content (AvgIpc) is 3.16. The average molecular weight is 480 g/mol. The van der Waals surface area contributed by atoms with Crippen LogP contribution in [0.4, 0.5) is 5.69 Å². The van der Waals surface area contributed by atoms with Crippen molar-refractivity contribution in [3.05, 3.63) is 70.1 Å². The van der Waals surface area contributed by atoms with E-state index in [-0.39, 0.29) is 11.6 Å². The molecule has 7 nitrogen and oxygen atoms in total. The maximum atomic E-state index is 12.9. The van der Waals surface area contributed by atoms with Crippen LogP contribution in [0.3, 0.4) is 0 Å². The van der Waals surface area contributed by atoms with Gasteiger partial charge in [0.15, 0.2) is 11.3 Å². The standard InChI is InChI=1S/C23H22BrN5O2/c1-4-19-20(15-6-8-16(24)9-7-15)22-27-26-21(14(3)29(22)28-19)23(30)25-17-10-12-18(13-11-17)31-5-2/h6-13H,4-5H2,1-3H3,(H,25,30). The summed E-state index contributed by atoms with van der Waals surface area (Å²) in [6.07, 6.45) is 0.738. The third-order valence-corrected chi connectivity index (χ3v) is 5.47. The summed E-state index contributed by atoms with van der Waals surface area (Å²) < 4.78 is 8.14. The number of carbonyl (C=O) groups is 1. The number of nitrogens with one attached hydrogen (secondary N) is 1. The summed E-state index contributed by atoms with van der Waals surface area (Å²) in [5, 5.41) is 16.2. The van der Waals surface area contributed by atoms with Crippen LogP contribution in [0.25, 0.3) is 16.8 Å². The third-order valence-electron chi connectivity index (χ3n) is 4.94. The van der Waals surface area contributed by atoms with Crippen LogP contribution in [0.2, 0.25) is 0 Å². The zero-order valence-electron chi connectivity index (χ0n) is 17.5. The van der Waals surface area contributed by atoms with Gasteiger partial charge in [-0.3, -0.25) is 4.79 Å². The van der Waals surface area contributed by atoms with Gasteiger partial charge in [0.25, 0.3) is 5.91 Å². The van der Waals surface area contributed by atoms with Gasteiger partial charge >= 0.3 is 0 Å². The number of anilines is 1. The van der Waals surface area contributed by atoms with Gasteiger partial charge in [0.1, 0.15) is 5.75 Å². The molecule has 0 saturated heterocycles. The van der Waals surface area contributed by atoms with Crippen molar-refractivity contribution in [2.45, 2.75) is 27.2 Å². The Bertz CT molecular complexity index is 1230. The van der Waals surface area contributed by atoms with Gasteiger partial charge in [-0.25, -0.2) is 4.52 Å². The highest BCUT2D eigenvalue weighted by molar-refractivity contribution is 9.10. The molecule has 4 aromatic rings. The predicted octanol–water partition coefficient (Wildman–Crippen LogP) is 5.08. The predicted molar refractivity (Wildman–Crippen MR) is 124 cm³/mol. The van der Waals surface area contributed by atoms with Gasteiger partial charge in [-0.1, -0.05) is 35.0 Å². The largest absolute Gasteiger partial charge is 0.494 e. The van der Waals surface area contributed by atoms with Gasteiger partial charge in [0.2, 0.25) is 0 Å². The number of aryl methyl sites for hydroxylation is 2. The molecular formula is C23H22BrN5O2. The van der Waals surface area contributed by atoms with Gasteiger partial charge in [0, 0.05) is 10.2 Å². The van der Waals surface area contributed by atoms with Crippen LogP contribution in [0, 0.1) is 6.92 Å². The molecule has 1 amide bonds. The van der Waals surface area contributed by atoms with Gasteiger partial charge in [-0.05, 0) is 62.2 Å². The van der Waals surface area contributed by atoms with Crippen molar-refractivity contribution in [3.63, 3.8) is 0 Å². The van der Waals surface area contributed by atoms with Crippen molar-refractivity contribution in [1.29, 1.82) is 0 Å². The van der Waals surface area contributed by atoms with Crippen molar-refractivity contribution in [3.8, 4) is 16.9 Å². The molecule has 2 aromatic carbocycles. The number of amides is 1. The molecule has 0 aliphatic carbocycles. The lowest BCUT2D eigenvalue weighted by Crippen LogP contribution is -2.18. The minimum absolute atomic E-state index is 0.230. The van der Waals surface area contributed by atoms with Gasteiger partial charge in [-0.2, -0.15) is 5.10 Å². The van der Waals surface area contributed by atoms with E-state index in [4.69, 9.17) is 9.84 Å². The maximum absolute atomic E-state index is 12.9. The SMILES string of the molecule is CCOc1ccc(NC(=O)c2nnc3c(-c4ccc(Br)cc4)c(CC)nn3c2C)cc1. The molecule has 0 radical (unpaired) electrons.